The maximum atomic E-state index is 13.6. The Kier molecular flexibility index (Phi) is 7.64. The molecule has 0 aliphatic carbocycles. The van der Waals surface area contributed by atoms with Crippen LogP contribution < -0.4 is 5.32 Å². The fourth-order valence-electron chi connectivity index (χ4n) is 3.29. The van der Waals surface area contributed by atoms with Crippen molar-refractivity contribution in [3.8, 4) is 0 Å². The molecule has 2 aromatic carbocycles. The van der Waals surface area contributed by atoms with Crippen molar-refractivity contribution in [2.24, 2.45) is 4.99 Å². The van der Waals surface area contributed by atoms with Crippen molar-refractivity contribution in [2.75, 3.05) is 12.8 Å². The van der Waals surface area contributed by atoms with Crippen LogP contribution >= 0.6 is 23.6 Å². The van der Waals surface area contributed by atoms with Gasteiger partial charge in [0.15, 0.2) is 0 Å². The average Bonchev–Trinajstić information content (AvgIpc) is 2.84. The Hall–Kier alpha value is -2.48. The van der Waals surface area contributed by atoms with Crippen molar-refractivity contribution in [1.82, 2.24) is 5.32 Å². The summed E-state index contributed by atoms with van der Waals surface area (Å²) in [6.07, 6.45) is 1.39. The van der Waals surface area contributed by atoms with Crippen LogP contribution in [0.1, 0.15) is 36.1 Å². The number of nitrogens with zero attached hydrogens (tertiary/aromatic N) is 1. The number of fused-ring (bicyclic) bond motifs is 1. The molecule has 5 nitrogen and oxygen atoms in total. The van der Waals surface area contributed by atoms with E-state index in [4.69, 9.17) is 26.2 Å². The smallest absolute Gasteiger partial charge is 0.244 e. The molecule has 1 amide bonds. The molecule has 1 unspecified atom stereocenters. The zero-order valence-electron chi connectivity index (χ0n) is 17.5. The molecule has 0 aromatic heterocycles. The monoisotopic (exact) mass is 459 g/mol. The van der Waals surface area contributed by atoms with Crippen molar-refractivity contribution in [1.29, 1.82) is 5.41 Å². The summed E-state index contributed by atoms with van der Waals surface area (Å²) in [7, 11) is 1.53. The normalized spacial score (nSPS) is 17.2. The van der Waals surface area contributed by atoms with Gasteiger partial charge in [-0.25, -0.2) is 4.39 Å². The van der Waals surface area contributed by atoms with Gasteiger partial charge in [0.25, 0.3) is 0 Å². The van der Waals surface area contributed by atoms with Crippen molar-refractivity contribution in [3.63, 3.8) is 0 Å². The van der Waals surface area contributed by atoms with E-state index in [1.165, 1.54) is 37.3 Å². The number of hydrogen-bond acceptors (Lipinski definition) is 5. The van der Waals surface area contributed by atoms with Crippen molar-refractivity contribution >= 4 is 41.0 Å². The third-order valence-corrected chi connectivity index (χ3v) is 5.65. The highest BCUT2D eigenvalue weighted by atomic mass is 35.5. The van der Waals surface area contributed by atoms with Gasteiger partial charge in [-0.1, -0.05) is 30.7 Å². The van der Waals surface area contributed by atoms with Gasteiger partial charge in [-0.3, -0.25) is 15.2 Å². The lowest BCUT2D eigenvalue weighted by Crippen LogP contribution is -2.20. The Labute approximate surface area is 190 Å². The first-order valence-electron chi connectivity index (χ1n) is 9.79. The molecule has 31 heavy (non-hydrogen) atoms. The Balaban J connectivity index is 2.19. The van der Waals surface area contributed by atoms with Crippen LogP contribution in [0.4, 0.5) is 4.39 Å². The number of halogens is 2. The summed E-state index contributed by atoms with van der Waals surface area (Å²) in [5.74, 6) is 0.0764. The minimum atomic E-state index is -0.483. The maximum absolute atomic E-state index is 13.6. The third-order valence-electron chi connectivity index (χ3n) is 4.82. The van der Waals surface area contributed by atoms with E-state index in [0.717, 1.165) is 11.3 Å². The van der Waals surface area contributed by atoms with Gasteiger partial charge >= 0.3 is 0 Å². The van der Waals surface area contributed by atoms with E-state index in [-0.39, 0.29) is 16.6 Å². The molecule has 0 bridgehead atoms. The molecule has 0 radical (unpaired) electrons. The Morgan fingerprint density at radius 3 is 2.71 bits per heavy atom. The highest BCUT2D eigenvalue weighted by Crippen LogP contribution is 2.30. The summed E-state index contributed by atoms with van der Waals surface area (Å²) in [5, 5.41) is 11.6. The average molecular weight is 460 g/mol. The van der Waals surface area contributed by atoms with Crippen LogP contribution in [0.15, 0.2) is 53.0 Å². The van der Waals surface area contributed by atoms with E-state index in [9.17, 15) is 9.18 Å². The second-order valence-corrected chi connectivity index (χ2v) is 8.37. The zero-order valence-corrected chi connectivity index (χ0v) is 19.0. The molecule has 1 aliphatic rings. The molecule has 1 heterocycles. The van der Waals surface area contributed by atoms with Crippen LogP contribution in [0.5, 0.6) is 0 Å². The van der Waals surface area contributed by atoms with Gasteiger partial charge in [0.1, 0.15) is 5.82 Å². The predicted molar refractivity (Wildman–Crippen MR) is 125 cm³/mol. The van der Waals surface area contributed by atoms with Crippen molar-refractivity contribution in [2.45, 2.75) is 26.5 Å². The first kappa shape index (κ1) is 23.2. The lowest BCUT2D eigenvalue weighted by Gasteiger charge is -2.14. The molecule has 162 valence electrons. The quantitative estimate of drug-likeness (QED) is 0.365. The van der Waals surface area contributed by atoms with Gasteiger partial charge in [0, 0.05) is 41.1 Å². The minimum Gasteiger partial charge on any atom is -0.356 e. The molecule has 2 aromatic rings. The molecule has 2 N–H and O–H groups in total. The summed E-state index contributed by atoms with van der Waals surface area (Å²) < 4.78 is 19.2. The number of carbonyl (C=O) groups is 1. The van der Waals surface area contributed by atoms with Crippen LogP contribution in [0.2, 0.25) is 5.02 Å². The fraction of sp³-hybridized carbons (Fsp3) is 0.261. The molecule has 0 saturated carbocycles. The standard InChI is InChI=1S/C23H23ClFN3O2S/c1-4-31-30-12-14-5-7-16-19(9-14)22(26)18(11-21(29)27-3)13(2)28-23(16)17-8-6-15(25)10-20(17)24/h5-11,13,26H,4,12H2,1-3H3,(H,27,29)/b18-11-,26-22?. The second kappa shape index (κ2) is 10.2. The van der Waals surface area contributed by atoms with Crippen LogP contribution in [-0.4, -0.2) is 36.2 Å². The molecule has 8 heteroatoms. The van der Waals surface area contributed by atoms with Crippen LogP contribution in [0.25, 0.3) is 0 Å². The van der Waals surface area contributed by atoms with Gasteiger partial charge in [0.2, 0.25) is 5.91 Å². The number of hydrogen-bond donors (Lipinski definition) is 2. The molecule has 1 atom stereocenters. The lowest BCUT2D eigenvalue weighted by molar-refractivity contribution is -0.116. The highest BCUT2D eigenvalue weighted by molar-refractivity contribution is 7.94. The fourth-order valence-corrected chi connectivity index (χ4v) is 3.93. The number of likely N-dealkylation sites (N-methyl/N-ethyl adjacent to an activating group) is 1. The van der Waals surface area contributed by atoms with Crippen LogP contribution in [-0.2, 0) is 15.6 Å². The Bertz CT molecular complexity index is 1080. The summed E-state index contributed by atoms with van der Waals surface area (Å²) in [4.78, 5) is 16.8. The van der Waals surface area contributed by atoms with Gasteiger partial charge in [0.05, 0.1) is 29.1 Å². The predicted octanol–water partition coefficient (Wildman–Crippen LogP) is 4.94. The first-order valence-corrected chi connectivity index (χ1v) is 11.1. The van der Waals surface area contributed by atoms with Gasteiger partial charge in [-0.05, 0) is 48.8 Å². The van der Waals surface area contributed by atoms with E-state index in [2.05, 4.69) is 5.32 Å². The van der Waals surface area contributed by atoms with Crippen LogP contribution in [0, 0.1) is 11.2 Å². The van der Waals surface area contributed by atoms with E-state index in [0.29, 0.717) is 34.6 Å². The van der Waals surface area contributed by atoms with E-state index in [1.54, 1.807) is 6.07 Å². The zero-order chi connectivity index (χ0) is 22.5. The first-order chi connectivity index (χ1) is 14.8. The number of rotatable bonds is 6. The SMILES string of the molecule is CCSOCc1ccc2c(c1)C(=N)/C(=C\C(=O)NC)C(C)N=C2c1ccc(F)cc1Cl. The van der Waals surface area contributed by atoms with E-state index < -0.39 is 11.9 Å². The third kappa shape index (κ3) is 5.23. The van der Waals surface area contributed by atoms with E-state index >= 15 is 0 Å². The Morgan fingerprint density at radius 1 is 1.29 bits per heavy atom. The number of nitrogens with one attached hydrogen (secondary N) is 2. The van der Waals surface area contributed by atoms with Crippen LogP contribution in [0.3, 0.4) is 0 Å². The minimum absolute atomic E-state index is 0.202. The number of benzene rings is 2. The molecule has 0 fully saturated rings. The lowest BCUT2D eigenvalue weighted by atomic mass is 9.91. The van der Waals surface area contributed by atoms with E-state index in [1.807, 2.05) is 32.0 Å². The highest BCUT2D eigenvalue weighted by Gasteiger charge is 2.27. The molecule has 0 spiro atoms. The molecular formula is C23H23ClFN3O2S. The number of aliphatic imine (C=N–C) groups is 1. The summed E-state index contributed by atoms with van der Waals surface area (Å²) in [6.45, 7) is 4.20. The summed E-state index contributed by atoms with van der Waals surface area (Å²) >= 11 is 7.71. The summed E-state index contributed by atoms with van der Waals surface area (Å²) in [5.41, 5.74) is 3.99. The van der Waals surface area contributed by atoms with Crippen molar-refractivity contribution in [3.05, 3.63) is 81.1 Å². The largest absolute Gasteiger partial charge is 0.356 e. The number of amides is 1. The molecule has 1 aliphatic heterocycles. The van der Waals surface area contributed by atoms with Gasteiger partial charge in [-0.15, -0.1) is 0 Å². The maximum Gasteiger partial charge on any atom is 0.244 e. The topological polar surface area (TPSA) is 74.5 Å². The molecule has 0 saturated heterocycles. The van der Waals surface area contributed by atoms with Crippen molar-refractivity contribution < 1.29 is 13.4 Å². The van der Waals surface area contributed by atoms with Gasteiger partial charge < -0.3 is 9.50 Å². The molecular weight excluding hydrogens is 437 g/mol. The molecule has 3 rings (SSSR count). The Morgan fingerprint density at radius 2 is 2.03 bits per heavy atom. The second-order valence-electron chi connectivity index (χ2n) is 6.92. The summed E-state index contributed by atoms with van der Waals surface area (Å²) in [6, 6.07) is 9.32. The number of carbonyl (C=O) groups excluding carboxylic acids is 1. The van der Waals surface area contributed by atoms with Gasteiger partial charge in [-0.2, -0.15) is 0 Å².